The van der Waals surface area contributed by atoms with Gasteiger partial charge in [0.2, 0.25) is 5.78 Å². The van der Waals surface area contributed by atoms with Crippen molar-refractivity contribution in [2.24, 2.45) is 5.92 Å². The van der Waals surface area contributed by atoms with Gasteiger partial charge < -0.3 is 9.30 Å². The molecule has 2 rings (SSSR count). The highest BCUT2D eigenvalue weighted by Gasteiger charge is 2.21. The predicted octanol–water partition coefficient (Wildman–Crippen LogP) is 3.11. The Kier molecular flexibility index (Phi) is 6.29. The van der Waals surface area contributed by atoms with E-state index in [4.69, 9.17) is 0 Å². The van der Waals surface area contributed by atoms with E-state index in [1.807, 2.05) is 10.8 Å². The molecule has 0 bridgehead atoms. The first-order valence-corrected chi connectivity index (χ1v) is 8.26. The first kappa shape index (κ1) is 17.9. The number of aromatic nitrogens is 1. The molecule has 0 saturated carbocycles. The topological polar surface area (TPSA) is 65.4 Å². The number of allylic oxidation sites excluding steroid dienone is 4. The Morgan fingerprint density at radius 2 is 2.12 bits per heavy atom. The lowest BCUT2D eigenvalue weighted by Crippen LogP contribution is -2.22. The second-order valence-corrected chi connectivity index (χ2v) is 5.96. The highest BCUT2D eigenvalue weighted by atomic mass is 16.5. The summed E-state index contributed by atoms with van der Waals surface area (Å²) in [7, 11) is 0. The third-order valence-electron chi connectivity index (χ3n) is 3.96. The highest BCUT2D eigenvalue weighted by molar-refractivity contribution is 6.38. The maximum atomic E-state index is 12.3. The average Bonchev–Trinajstić information content (AvgIpc) is 2.91. The Bertz CT molecular complexity index is 681. The van der Waals surface area contributed by atoms with E-state index in [9.17, 15) is 14.4 Å². The quantitative estimate of drug-likeness (QED) is 0.334. The zero-order valence-electron chi connectivity index (χ0n) is 14.2. The fourth-order valence-electron chi connectivity index (χ4n) is 2.62. The maximum Gasteiger partial charge on any atom is 0.375 e. The lowest BCUT2D eigenvalue weighted by atomic mass is 10.1. The lowest BCUT2D eigenvalue weighted by molar-refractivity contribution is -0.153. The SMILES string of the molecule is CCOC(=O)C(=O)CC(=O)c1cccn1CC1=CCCC(C)C=C1. The second-order valence-electron chi connectivity index (χ2n) is 5.96. The van der Waals surface area contributed by atoms with Crippen LogP contribution in [0.1, 0.15) is 43.6 Å². The molecule has 128 valence electrons. The van der Waals surface area contributed by atoms with E-state index in [2.05, 4.69) is 29.9 Å². The maximum absolute atomic E-state index is 12.3. The molecule has 1 aliphatic rings. The Labute approximate surface area is 142 Å². The van der Waals surface area contributed by atoms with Crippen molar-refractivity contribution in [2.75, 3.05) is 6.61 Å². The number of Topliss-reactive ketones (excluding diaryl/α,β-unsaturated/α-hetero) is 2. The van der Waals surface area contributed by atoms with E-state index in [1.54, 1.807) is 19.1 Å². The predicted molar refractivity (Wildman–Crippen MR) is 90.6 cm³/mol. The van der Waals surface area contributed by atoms with Crippen molar-refractivity contribution in [2.45, 2.75) is 39.7 Å². The third kappa shape index (κ3) is 4.78. The van der Waals surface area contributed by atoms with Gasteiger partial charge in [0.05, 0.1) is 18.7 Å². The molecule has 0 amide bonds. The second kappa shape index (κ2) is 8.43. The fourth-order valence-corrected chi connectivity index (χ4v) is 2.62. The van der Waals surface area contributed by atoms with Gasteiger partial charge in [-0.1, -0.05) is 25.2 Å². The fraction of sp³-hybridized carbons (Fsp3) is 0.421. The third-order valence-corrected chi connectivity index (χ3v) is 3.96. The molecule has 0 aromatic carbocycles. The number of ether oxygens (including phenoxy) is 1. The Morgan fingerprint density at radius 3 is 2.88 bits per heavy atom. The number of hydrogen-bond donors (Lipinski definition) is 0. The standard InChI is InChI=1S/C19H23NO4/c1-3-24-19(23)18(22)12-17(21)16-8-5-11-20(16)13-15-7-4-6-14(2)9-10-15/h5,7-11,14H,3-4,6,12-13H2,1-2H3. The molecule has 0 spiro atoms. The minimum absolute atomic E-state index is 0.119. The van der Waals surface area contributed by atoms with E-state index in [1.165, 1.54) is 0 Å². The summed E-state index contributed by atoms with van der Waals surface area (Å²) < 4.78 is 6.44. The molecule has 0 aliphatic heterocycles. The van der Waals surface area contributed by atoms with Crippen LogP contribution in [-0.4, -0.2) is 28.7 Å². The molecule has 0 saturated heterocycles. The number of hydrogen-bond acceptors (Lipinski definition) is 4. The van der Waals surface area contributed by atoms with Gasteiger partial charge in [0.15, 0.2) is 5.78 Å². The molecule has 1 aromatic rings. The van der Waals surface area contributed by atoms with Gasteiger partial charge in [-0.3, -0.25) is 9.59 Å². The minimum Gasteiger partial charge on any atom is -0.460 e. The van der Waals surface area contributed by atoms with Crippen LogP contribution in [0.25, 0.3) is 0 Å². The minimum atomic E-state index is -0.952. The van der Waals surface area contributed by atoms with Gasteiger partial charge in [-0.15, -0.1) is 0 Å². The Hall–Kier alpha value is -2.43. The molecular weight excluding hydrogens is 306 g/mol. The van der Waals surface area contributed by atoms with Crippen LogP contribution in [-0.2, 0) is 20.9 Å². The van der Waals surface area contributed by atoms with Gasteiger partial charge in [0, 0.05) is 12.7 Å². The largest absolute Gasteiger partial charge is 0.460 e. The van der Waals surface area contributed by atoms with Gasteiger partial charge in [-0.25, -0.2) is 4.79 Å². The molecule has 5 heteroatoms. The summed E-state index contributed by atoms with van der Waals surface area (Å²) >= 11 is 0. The van der Waals surface area contributed by atoms with Crippen molar-refractivity contribution in [1.29, 1.82) is 0 Å². The summed E-state index contributed by atoms with van der Waals surface area (Å²) in [5.41, 5.74) is 1.57. The molecule has 1 unspecified atom stereocenters. The van der Waals surface area contributed by atoms with Crippen molar-refractivity contribution < 1.29 is 19.1 Å². The van der Waals surface area contributed by atoms with Crippen molar-refractivity contribution in [3.8, 4) is 0 Å². The van der Waals surface area contributed by atoms with Gasteiger partial charge in [0.1, 0.15) is 0 Å². The van der Waals surface area contributed by atoms with E-state index in [0.29, 0.717) is 18.2 Å². The summed E-state index contributed by atoms with van der Waals surface area (Å²) in [6, 6.07) is 3.44. The Morgan fingerprint density at radius 1 is 1.33 bits per heavy atom. The van der Waals surface area contributed by atoms with Crippen LogP contribution in [0.5, 0.6) is 0 Å². The summed E-state index contributed by atoms with van der Waals surface area (Å²) in [6.45, 7) is 4.49. The summed E-state index contributed by atoms with van der Waals surface area (Å²) in [5, 5.41) is 0. The molecular formula is C19H23NO4. The molecule has 0 fully saturated rings. The zero-order valence-corrected chi connectivity index (χ0v) is 14.2. The zero-order chi connectivity index (χ0) is 17.5. The highest BCUT2D eigenvalue weighted by Crippen LogP contribution is 2.18. The van der Waals surface area contributed by atoms with Crippen LogP contribution in [0.3, 0.4) is 0 Å². The molecule has 1 aliphatic carbocycles. The summed E-state index contributed by atoms with van der Waals surface area (Å²) in [6.07, 6.45) is 9.92. The number of nitrogens with zero attached hydrogens (tertiary/aromatic N) is 1. The number of ketones is 2. The normalized spacial score (nSPS) is 17.1. The van der Waals surface area contributed by atoms with Gasteiger partial charge in [-0.05, 0) is 43.4 Å². The van der Waals surface area contributed by atoms with Crippen molar-refractivity contribution in [3.63, 3.8) is 0 Å². The smallest absolute Gasteiger partial charge is 0.375 e. The molecule has 0 radical (unpaired) electrons. The number of esters is 1. The molecule has 0 N–H and O–H groups in total. The van der Waals surface area contributed by atoms with Crippen LogP contribution < -0.4 is 0 Å². The number of carbonyl (C=O) groups excluding carboxylic acids is 3. The first-order chi connectivity index (χ1) is 11.5. The lowest BCUT2D eigenvalue weighted by Gasteiger charge is -2.09. The summed E-state index contributed by atoms with van der Waals surface area (Å²) in [4.78, 5) is 35.4. The van der Waals surface area contributed by atoms with Crippen LogP contribution in [0, 0.1) is 5.92 Å². The molecule has 5 nitrogen and oxygen atoms in total. The van der Waals surface area contributed by atoms with Gasteiger partial charge >= 0.3 is 5.97 Å². The monoisotopic (exact) mass is 329 g/mol. The van der Waals surface area contributed by atoms with Crippen LogP contribution in [0.4, 0.5) is 0 Å². The van der Waals surface area contributed by atoms with Crippen molar-refractivity contribution in [1.82, 2.24) is 4.57 Å². The Balaban J connectivity index is 2.05. The van der Waals surface area contributed by atoms with Gasteiger partial charge in [-0.2, -0.15) is 0 Å². The van der Waals surface area contributed by atoms with Crippen LogP contribution >= 0.6 is 0 Å². The molecule has 1 atom stereocenters. The van der Waals surface area contributed by atoms with E-state index in [0.717, 1.165) is 18.4 Å². The van der Waals surface area contributed by atoms with Crippen molar-refractivity contribution in [3.05, 3.63) is 47.8 Å². The molecule has 1 aromatic heterocycles. The van der Waals surface area contributed by atoms with Crippen LogP contribution in [0.2, 0.25) is 0 Å². The number of carbonyl (C=O) groups is 3. The van der Waals surface area contributed by atoms with E-state index < -0.39 is 18.2 Å². The summed E-state index contributed by atoms with van der Waals surface area (Å²) in [5.74, 6) is -1.58. The van der Waals surface area contributed by atoms with Gasteiger partial charge in [0.25, 0.3) is 0 Å². The van der Waals surface area contributed by atoms with E-state index >= 15 is 0 Å². The first-order valence-electron chi connectivity index (χ1n) is 8.26. The average molecular weight is 329 g/mol. The number of rotatable bonds is 7. The van der Waals surface area contributed by atoms with E-state index in [-0.39, 0.29) is 12.4 Å². The molecule has 1 heterocycles. The van der Waals surface area contributed by atoms with Crippen LogP contribution in [0.15, 0.2) is 42.1 Å². The van der Waals surface area contributed by atoms with Crippen molar-refractivity contribution >= 4 is 17.5 Å². The molecule has 24 heavy (non-hydrogen) atoms.